The third-order valence-corrected chi connectivity index (χ3v) is 2.41. The number of hydrogen-bond donors (Lipinski definition) is 2. The Labute approximate surface area is 99.7 Å². The number of amides is 1. The zero-order chi connectivity index (χ0) is 12.3. The molecule has 1 heterocycles. The summed E-state index contributed by atoms with van der Waals surface area (Å²) in [6, 6.07) is 6.81. The smallest absolute Gasteiger partial charge is 0.256 e. The van der Waals surface area contributed by atoms with Crippen LogP contribution in [0.2, 0.25) is 0 Å². The van der Waals surface area contributed by atoms with Crippen LogP contribution in [0.25, 0.3) is 0 Å². The van der Waals surface area contributed by atoms with Crippen LogP contribution >= 0.6 is 0 Å². The lowest BCUT2D eigenvalue weighted by atomic mass is 10.1. The summed E-state index contributed by atoms with van der Waals surface area (Å²) in [7, 11) is 0. The highest BCUT2D eigenvalue weighted by Crippen LogP contribution is 2.24. The minimum absolute atomic E-state index is 0.167. The topological polar surface area (TPSA) is 76.7 Å². The lowest BCUT2D eigenvalue weighted by Gasteiger charge is -2.08. The molecule has 3 N–H and O–H groups in total. The van der Waals surface area contributed by atoms with Gasteiger partial charge in [-0.1, -0.05) is 19.1 Å². The first-order valence-electron chi connectivity index (χ1n) is 5.57. The minimum Gasteiger partial charge on any atom is -0.494 e. The molecule has 0 spiro atoms. The van der Waals surface area contributed by atoms with Crippen molar-refractivity contribution in [1.82, 2.24) is 5.32 Å². The van der Waals surface area contributed by atoms with E-state index >= 15 is 0 Å². The molecule has 90 valence electrons. The third-order valence-electron chi connectivity index (χ3n) is 2.41. The molecule has 0 radical (unpaired) electrons. The van der Waals surface area contributed by atoms with Crippen LogP contribution in [0.1, 0.15) is 24.9 Å². The van der Waals surface area contributed by atoms with Crippen LogP contribution in [-0.2, 0) is 4.79 Å². The summed E-state index contributed by atoms with van der Waals surface area (Å²) in [5.41, 5.74) is 6.25. The van der Waals surface area contributed by atoms with Crippen LogP contribution in [0.4, 0.5) is 0 Å². The number of hydrogen-bond acceptors (Lipinski definition) is 4. The average molecular weight is 233 g/mol. The lowest BCUT2D eigenvalue weighted by Crippen LogP contribution is -2.31. The SMILES string of the molecule is CCCOc1cccc(C2N=C(N)NC2=O)c1. The second-order valence-corrected chi connectivity index (χ2v) is 3.83. The molecule has 1 amide bonds. The van der Waals surface area contributed by atoms with Crippen molar-refractivity contribution in [2.75, 3.05) is 6.61 Å². The number of carbonyl (C=O) groups excluding carboxylic acids is 1. The number of nitrogens with zero attached hydrogens (tertiary/aromatic N) is 1. The van der Waals surface area contributed by atoms with Gasteiger partial charge in [0.25, 0.3) is 5.91 Å². The van der Waals surface area contributed by atoms with Crippen LogP contribution < -0.4 is 15.8 Å². The van der Waals surface area contributed by atoms with Crippen molar-refractivity contribution in [1.29, 1.82) is 0 Å². The third kappa shape index (κ3) is 2.55. The number of nitrogens with two attached hydrogens (primary N) is 1. The molecule has 2 rings (SSSR count). The molecule has 0 saturated heterocycles. The fourth-order valence-electron chi connectivity index (χ4n) is 1.64. The molecule has 1 unspecified atom stereocenters. The maximum absolute atomic E-state index is 11.6. The van der Waals surface area contributed by atoms with E-state index < -0.39 is 6.04 Å². The van der Waals surface area contributed by atoms with E-state index in [-0.39, 0.29) is 11.9 Å². The van der Waals surface area contributed by atoms with Gasteiger partial charge in [-0.15, -0.1) is 0 Å². The average Bonchev–Trinajstić information content (AvgIpc) is 2.66. The molecular weight excluding hydrogens is 218 g/mol. The van der Waals surface area contributed by atoms with Gasteiger partial charge in [-0.05, 0) is 24.1 Å². The van der Waals surface area contributed by atoms with Gasteiger partial charge in [-0.3, -0.25) is 10.1 Å². The summed E-state index contributed by atoms with van der Waals surface area (Å²) >= 11 is 0. The molecule has 1 aromatic carbocycles. The summed E-state index contributed by atoms with van der Waals surface area (Å²) in [6.07, 6.45) is 0.944. The van der Waals surface area contributed by atoms with Crippen molar-refractivity contribution in [2.45, 2.75) is 19.4 Å². The summed E-state index contributed by atoms with van der Waals surface area (Å²) in [6.45, 7) is 2.70. The predicted octanol–water partition coefficient (Wildman–Crippen LogP) is 0.961. The van der Waals surface area contributed by atoms with E-state index in [1.165, 1.54) is 0 Å². The highest BCUT2D eigenvalue weighted by Gasteiger charge is 2.26. The number of guanidine groups is 1. The van der Waals surface area contributed by atoms with Crippen LogP contribution in [0.3, 0.4) is 0 Å². The monoisotopic (exact) mass is 233 g/mol. The van der Waals surface area contributed by atoms with Crippen molar-refractivity contribution in [3.8, 4) is 5.75 Å². The van der Waals surface area contributed by atoms with E-state index in [1.807, 2.05) is 31.2 Å². The van der Waals surface area contributed by atoms with Crippen molar-refractivity contribution >= 4 is 11.9 Å². The van der Waals surface area contributed by atoms with E-state index in [0.717, 1.165) is 17.7 Å². The van der Waals surface area contributed by atoms with Crippen molar-refractivity contribution < 1.29 is 9.53 Å². The van der Waals surface area contributed by atoms with Crippen LogP contribution in [0.15, 0.2) is 29.3 Å². The quantitative estimate of drug-likeness (QED) is 0.813. The standard InChI is InChI=1S/C12H15N3O2/c1-2-6-17-9-5-3-4-8(7-9)10-11(16)15-12(13)14-10/h3-5,7,10H,2,6H2,1H3,(H3,13,14,15,16). The van der Waals surface area contributed by atoms with Gasteiger partial charge in [-0.25, -0.2) is 4.99 Å². The van der Waals surface area contributed by atoms with E-state index in [1.54, 1.807) is 0 Å². The Morgan fingerprint density at radius 3 is 3.00 bits per heavy atom. The Kier molecular flexibility index (Phi) is 3.27. The Balaban J connectivity index is 2.18. The van der Waals surface area contributed by atoms with Gasteiger partial charge in [0.15, 0.2) is 12.0 Å². The number of benzene rings is 1. The molecular formula is C12H15N3O2. The Hall–Kier alpha value is -2.04. The van der Waals surface area contributed by atoms with Crippen LogP contribution in [-0.4, -0.2) is 18.5 Å². The minimum atomic E-state index is -0.555. The predicted molar refractivity (Wildman–Crippen MR) is 64.7 cm³/mol. The summed E-state index contributed by atoms with van der Waals surface area (Å²) in [5, 5.41) is 2.48. The van der Waals surface area contributed by atoms with Gasteiger partial charge in [0.05, 0.1) is 6.61 Å². The molecule has 0 aliphatic carbocycles. The molecule has 1 aromatic rings. The van der Waals surface area contributed by atoms with Crippen LogP contribution in [0, 0.1) is 0 Å². The largest absolute Gasteiger partial charge is 0.494 e. The number of carbonyl (C=O) groups is 1. The number of nitrogens with one attached hydrogen (secondary N) is 1. The normalized spacial score (nSPS) is 18.8. The molecule has 1 aliphatic rings. The second kappa shape index (κ2) is 4.86. The second-order valence-electron chi connectivity index (χ2n) is 3.83. The molecule has 0 bridgehead atoms. The molecule has 17 heavy (non-hydrogen) atoms. The summed E-state index contributed by atoms with van der Waals surface area (Å²) < 4.78 is 5.51. The van der Waals surface area contributed by atoms with E-state index in [0.29, 0.717) is 6.61 Å². The fraction of sp³-hybridized carbons (Fsp3) is 0.333. The highest BCUT2D eigenvalue weighted by molar-refractivity contribution is 6.04. The first-order valence-corrected chi connectivity index (χ1v) is 5.57. The Bertz CT molecular complexity index is 457. The summed E-state index contributed by atoms with van der Waals surface area (Å²) in [5.74, 6) is 0.716. The maximum Gasteiger partial charge on any atom is 0.256 e. The first-order chi connectivity index (χ1) is 8.20. The Morgan fingerprint density at radius 1 is 1.53 bits per heavy atom. The molecule has 0 saturated carbocycles. The molecule has 5 nitrogen and oxygen atoms in total. The highest BCUT2D eigenvalue weighted by atomic mass is 16.5. The number of aliphatic imine (C=N–C) groups is 1. The van der Waals surface area contributed by atoms with Gasteiger partial charge in [0.1, 0.15) is 5.75 Å². The van der Waals surface area contributed by atoms with E-state index in [9.17, 15) is 4.79 Å². The van der Waals surface area contributed by atoms with Gasteiger partial charge < -0.3 is 10.5 Å². The van der Waals surface area contributed by atoms with Crippen LogP contribution in [0.5, 0.6) is 5.75 Å². The van der Waals surface area contributed by atoms with Gasteiger partial charge in [0.2, 0.25) is 0 Å². The number of ether oxygens (including phenoxy) is 1. The molecule has 1 aliphatic heterocycles. The maximum atomic E-state index is 11.6. The van der Waals surface area contributed by atoms with Gasteiger partial charge in [0, 0.05) is 0 Å². The van der Waals surface area contributed by atoms with Gasteiger partial charge in [-0.2, -0.15) is 0 Å². The number of rotatable bonds is 4. The van der Waals surface area contributed by atoms with E-state index in [4.69, 9.17) is 10.5 Å². The van der Waals surface area contributed by atoms with Crippen molar-refractivity contribution in [3.63, 3.8) is 0 Å². The molecule has 0 fully saturated rings. The zero-order valence-corrected chi connectivity index (χ0v) is 9.64. The molecule has 5 heteroatoms. The molecule has 1 atom stereocenters. The van der Waals surface area contributed by atoms with Crippen molar-refractivity contribution in [2.24, 2.45) is 10.7 Å². The lowest BCUT2D eigenvalue weighted by molar-refractivity contribution is -0.120. The van der Waals surface area contributed by atoms with Crippen molar-refractivity contribution in [3.05, 3.63) is 29.8 Å². The van der Waals surface area contributed by atoms with E-state index in [2.05, 4.69) is 10.3 Å². The molecule has 0 aromatic heterocycles. The fourth-order valence-corrected chi connectivity index (χ4v) is 1.64. The first kappa shape index (κ1) is 11.4. The Morgan fingerprint density at radius 2 is 2.35 bits per heavy atom. The van der Waals surface area contributed by atoms with Gasteiger partial charge >= 0.3 is 0 Å². The summed E-state index contributed by atoms with van der Waals surface area (Å²) in [4.78, 5) is 15.6. The zero-order valence-electron chi connectivity index (χ0n) is 9.64.